The van der Waals surface area contributed by atoms with Crippen molar-refractivity contribution in [3.63, 3.8) is 0 Å². The van der Waals surface area contributed by atoms with Crippen molar-refractivity contribution in [3.8, 4) is 5.75 Å². The van der Waals surface area contributed by atoms with E-state index in [9.17, 15) is 4.79 Å². The van der Waals surface area contributed by atoms with Gasteiger partial charge in [-0.3, -0.25) is 4.79 Å². The molecule has 2 aliphatic rings. The Morgan fingerprint density at radius 1 is 1.19 bits per heavy atom. The number of carbonyl (C=O) groups excluding carboxylic acids is 1. The molecule has 0 bridgehead atoms. The van der Waals surface area contributed by atoms with Gasteiger partial charge < -0.3 is 15.0 Å². The number of likely N-dealkylation sites (tertiary alicyclic amines) is 1. The minimum absolute atomic E-state index is 0.0275. The van der Waals surface area contributed by atoms with Crippen LogP contribution in [0.25, 0.3) is 6.08 Å². The number of para-hydroxylation sites is 1. The number of nitrogens with zero attached hydrogens (tertiary/aromatic N) is 2. The lowest BCUT2D eigenvalue weighted by Gasteiger charge is -2.34. The topological polar surface area (TPSA) is 54.5 Å². The maximum absolute atomic E-state index is 13.0. The van der Waals surface area contributed by atoms with E-state index in [4.69, 9.17) is 4.74 Å². The molecule has 2 aromatic rings. The molecule has 3 heterocycles. The predicted octanol–water partition coefficient (Wildman–Crippen LogP) is 3.59. The van der Waals surface area contributed by atoms with Crippen LogP contribution in [0.3, 0.4) is 0 Å². The number of aromatic nitrogens is 1. The molecular weight excluding hydrogens is 326 g/mol. The molecule has 0 aliphatic carbocycles. The lowest BCUT2D eigenvalue weighted by Crippen LogP contribution is -2.38. The summed E-state index contributed by atoms with van der Waals surface area (Å²) < 4.78 is 6.37. The number of rotatable bonds is 2. The smallest absolute Gasteiger partial charge is 0.257 e. The van der Waals surface area contributed by atoms with Gasteiger partial charge in [-0.25, -0.2) is 4.98 Å². The van der Waals surface area contributed by atoms with Crippen molar-refractivity contribution >= 4 is 17.8 Å². The maximum atomic E-state index is 13.0. The van der Waals surface area contributed by atoms with Gasteiger partial charge in [-0.2, -0.15) is 0 Å². The first-order valence-electron chi connectivity index (χ1n) is 9.10. The van der Waals surface area contributed by atoms with Gasteiger partial charge in [0.15, 0.2) is 0 Å². The highest BCUT2D eigenvalue weighted by atomic mass is 16.5. The lowest BCUT2D eigenvalue weighted by atomic mass is 9.91. The first kappa shape index (κ1) is 16.6. The number of hydrogen-bond acceptors (Lipinski definition) is 4. The Morgan fingerprint density at radius 3 is 2.96 bits per heavy atom. The lowest BCUT2D eigenvalue weighted by molar-refractivity contribution is 0.0731. The molecular formula is C21H23N3O2. The molecule has 1 fully saturated rings. The standard InChI is InChI=1S/C21H23N3O2/c1-22-19-17(7-4-13-23-19)20(25)24-14-5-10-21(12-15-24)11-9-16-6-2-3-8-18(16)26-21/h2-4,6-9,11,13H,5,10,12,14-15H2,1H3,(H,22,23)/t21-/m1/s1. The van der Waals surface area contributed by atoms with E-state index in [0.717, 1.165) is 37.1 Å². The van der Waals surface area contributed by atoms with Crippen LogP contribution in [0, 0.1) is 0 Å². The third-order valence-corrected chi connectivity index (χ3v) is 5.19. The predicted molar refractivity (Wildman–Crippen MR) is 102 cm³/mol. The van der Waals surface area contributed by atoms with E-state index < -0.39 is 0 Å². The Bertz CT molecular complexity index is 849. The average Bonchev–Trinajstić information content (AvgIpc) is 2.90. The van der Waals surface area contributed by atoms with Gasteiger partial charge in [0.2, 0.25) is 0 Å². The number of fused-ring (bicyclic) bond motifs is 1. The summed E-state index contributed by atoms with van der Waals surface area (Å²) in [6.07, 6.45) is 8.63. The minimum atomic E-state index is -0.315. The molecule has 1 spiro atoms. The van der Waals surface area contributed by atoms with E-state index in [1.165, 1.54) is 0 Å². The van der Waals surface area contributed by atoms with Crippen LogP contribution in [-0.4, -0.2) is 41.5 Å². The second-order valence-electron chi connectivity index (χ2n) is 6.83. The second-order valence-corrected chi connectivity index (χ2v) is 6.83. The van der Waals surface area contributed by atoms with Gasteiger partial charge in [0.25, 0.3) is 5.91 Å². The van der Waals surface area contributed by atoms with Crippen LogP contribution in [-0.2, 0) is 0 Å². The van der Waals surface area contributed by atoms with Crippen molar-refractivity contribution in [2.75, 3.05) is 25.5 Å². The normalized spacial score (nSPS) is 21.7. The Hall–Kier alpha value is -2.82. The maximum Gasteiger partial charge on any atom is 0.257 e. The molecule has 5 heteroatoms. The van der Waals surface area contributed by atoms with Crippen molar-refractivity contribution in [3.05, 3.63) is 59.8 Å². The van der Waals surface area contributed by atoms with Crippen LogP contribution in [0.5, 0.6) is 5.75 Å². The van der Waals surface area contributed by atoms with Crippen molar-refractivity contribution < 1.29 is 9.53 Å². The average molecular weight is 349 g/mol. The fraction of sp³-hybridized carbons (Fsp3) is 0.333. The first-order chi connectivity index (χ1) is 12.7. The Kier molecular flexibility index (Phi) is 4.37. The van der Waals surface area contributed by atoms with Crippen molar-refractivity contribution in [2.24, 2.45) is 0 Å². The van der Waals surface area contributed by atoms with Crippen molar-refractivity contribution in [1.82, 2.24) is 9.88 Å². The Morgan fingerprint density at radius 2 is 2.08 bits per heavy atom. The summed E-state index contributed by atoms with van der Waals surface area (Å²) in [6, 6.07) is 11.7. The molecule has 1 aromatic heterocycles. The van der Waals surface area contributed by atoms with Crippen LogP contribution in [0.15, 0.2) is 48.7 Å². The van der Waals surface area contributed by atoms with Gasteiger partial charge in [0.05, 0.1) is 5.56 Å². The number of nitrogens with one attached hydrogen (secondary N) is 1. The van der Waals surface area contributed by atoms with Crippen molar-refractivity contribution in [1.29, 1.82) is 0 Å². The first-order valence-corrected chi connectivity index (χ1v) is 9.10. The zero-order chi connectivity index (χ0) is 18.0. The van der Waals surface area contributed by atoms with Crippen LogP contribution >= 0.6 is 0 Å². The zero-order valence-electron chi connectivity index (χ0n) is 14.9. The molecule has 1 saturated heterocycles. The highest BCUT2D eigenvalue weighted by Gasteiger charge is 2.36. The van der Waals surface area contributed by atoms with Gasteiger partial charge in [-0.05, 0) is 37.1 Å². The second kappa shape index (κ2) is 6.83. The van der Waals surface area contributed by atoms with E-state index in [-0.39, 0.29) is 11.5 Å². The largest absolute Gasteiger partial charge is 0.483 e. The molecule has 0 radical (unpaired) electrons. The fourth-order valence-corrected chi connectivity index (χ4v) is 3.76. The fourth-order valence-electron chi connectivity index (χ4n) is 3.76. The Balaban J connectivity index is 1.52. The summed E-state index contributed by atoms with van der Waals surface area (Å²) in [7, 11) is 1.79. The van der Waals surface area contributed by atoms with E-state index in [1.54, 1.807) is 19.3 Å². The van der Waals surface area contributed by atoms with Crippen LogP contribution in [0.4, 0.5) is 5.82 Å². The monoisotopic (exact) mass is 349 g/mol. The van der Waals surface area contributed by atoms with Crippen LogP contribution < -0.4 is 10.1 Å². The van der Waals surface area contributed by atoms with E-state index in [1.807, 2.05) is 29.2 Å². The molecule has 4 rings (SSSR count). The number of hydrogen-bond donors (Lipinski definition) is 1. The molecule has 1 amide bonds. The van der Waals surface area contributed by atoms with Gasteiger partial charge in [0, 0.05) is 38.3 Å². The molecule has 134 valence electrons. The van der Waals surface area contributed by atoms with Gasteiger partial charge in [-0.1, -0.05) is 24.3 Å². The minimum Gasteiger partial charge on any atom is -0.483 e. The van der Waals surface area contributed by atoms with Gasteiger partial charge >= 0.3 is 0 Å². The summed E-state index contributed by atoms with van der Waals surface area (Å²) in [5, 5.41) is 3.00. The molecule has 1 aromatic carbocycles. The third-order valence-electron chi connectivity index (χ3n) is 5.19. The summed E-state index contributed by atoms with van der Waals surface area (Å²) in [6.45, 7) is 1.40. The summed E-state index contributed by atoms with van der Waals surface area (Å²) >= 11 is 0. The molecule has 0 unspecified atom stereocenters. The highest BCUT2D eigenvalue weighted by molar-refractivity contribution is 5.98. The number of pyridine rings is 1. The summed E-state index contributed by atoms with van der Waals surface area (Å²) in [4.78, 5) is 19.2. The molecule has 1 N–H and O–H groups in total. The number of ether oxygens (including phenoxy) is 1. The van der Waals surface area contributed by atoms with Crippen LogP contribution in [0.1, 0.15) is 35.2 Å². The number of benzene rings is 1. The molecule has 5 nitrogen and oxygen atoms in total. The third kappa shape index (κ3) is 3.05. The molecule has 0 saturated carbocycles. The summed E-state index contributed by atoms with van der Waals surface area (Å²) in [5.41, 5.74) is 1.42. The van der Waals surface area contributed by atoms with Crippen molar-refractivity contribution in [2.45, 2.75) is 24.9 Å². The quantitative estimate of drug-likeness (QED) is 0.900. The van der Waals surface area contributed by atoms with Crippen LogP contribution in [0.2, 0.25) is 0 Å². The molecule has 2 aliphatic heterocycles. The SMILES string of the molecule is CNc1ncccc1C(=O)N1CCC[C@@]2(C=Cc3ccccc3O2)CC1. The van der Waals surface area contributed by atoms with E-state index >= 15 is 0 Å². The molecule has 26 heavy (non-hydrogen) atoms. The molecule has 1 atom stereocenters. The van der Waals surface area contributed by atoms with Gasteiger partial charge in [0.1, 0.15) is 17.2 Å². The highest BCUT2D eigenvalue weighted by Crippen LogP contribution is 2.37. The zero-order valence-corrected chi connectivity index (χ0v) is 14.9. The van der Waals surface area contributed by atoms with E-state index in [0.29, 0.717) is 17.9 Å². The van der Waals surface area contributed by atoms with Gasteiger partial charge in [-0.15, -0.1) is 0 Å². The number of carbonyl (C=O) groups is 1. The van der Waals surface area contributed by atoms with E-state index in [2.05, 4.69) is 28.5 Å². The number of amides is 1. The number of anilines is 1. The summed E-state index contributed by atoms with van der Waals surface area (Å²) in [5.74, 6) is 1.58. The Labute approximate surface area is 153 Å².